The molecule has 2 heteroatoms. The summed E-state index contributed by atoms with van der Waals surface area (Å²) in [5, 5.41) is 4.85. The number of hydrogen-bond acceptors (Lipinski definition) is 1. The van der Waals surface area contributed by atoms with Crippen LogP contribution in [-0.4, -0.2) is 4.57 Å². The third kappa shape index (κ3) is 5.81. The number of nitrogens with zero attached hydrogens (tertiary/aromatic N) is 1. The highest BCUT2D eigenvalue weighted by molar-refractivity contribution is 6.17. The van der Waals surface area contributed by atoms with Crippen molar-refractivity contribution in [3.63, 3.8) is 0 Å². The number of aryl methyl sites for hydroxylation is 2. The van der Waals surface area contributed by atoms with Crippen LogP contribution in [0.4, 0.5) is 0 Å². The van der Waals surface area contributed by atoms with E-state index >= 15 is 0 Å². The van der Waals surface area contributed by atoms with Crippen molar-refractivity contribution >= 4 is 49.3 Å². The number of fused-ring (bicyclic) bond motifs is 6. The van der Waals surface area contributed by atoms with Crippen LogP contribution < -0.4 is 0 Å². The SMILES string of the molecule is C=C/C=C(\C/C=C\C)C1(C)C=CC(c2ccc(-n3c4ccccc4c4c(-c5cc(-c6cccc7oc8ccccc8c67)ccc5C)c(C)ccc43)cc2)=CC1. The highest BCUT2D eigenvalue weighted by Crippen LogP contribution is 2.45. The molecule has 0 saturated carbocycles. The van der Waals surface area contributed by atoms with Gasteiger partial charge in [-0.15, -0.1) is 0 Å². The molecule has 0 N–H and O–H groups in total. The molecule has 0 saturated heterocycles. The molecule has 1 aliphatic carbocycles. The van der Waals surface area contributed by atoms with E-state index < -0.39 is 0 Å². The van der Waals surface area contributed by atoms with Crippen LogP contribution in [-0.2, 0) is 0 Å². The summed E-state index contributed by atoms with van der Waals surface area (Å²) < 4.78 is 8.72. The quantitative estimate of drug-likeness (QED) is 0.113. The number of para-hydroxylation sites is 2. The number of allylic oxidation sites excluding steroid dienone is 9. The molecule has 0 radical (unpaired) electrons. The third-order valence-electron chi connectivity index (χ3n) is 11.7. The van der Waals surface area contributed by atoms with Crippen LogP contribution in [0.5, 0.6) is 0 Å². The molecule has 0 fully saturated rings. The molecule has 0 spiro atoms. The fraction of sp³-hybridized carbons (Fsp3) is 0.132. The molecule has 2 nitrogen and oxygen atoms in total. The van der Waals surface area contributed by atoms with E-state index in [9.17, 15) is 0 Å². The molecule has 0 amide bonds. The lowest BCUT2D eigenvalue weighted by molar-refractivity contribution is 0.509. The maximum absolute atomic E-state index is 6.29. The minimum Gasteiger partial charge on any atom is -0.456 e. The van der Waals surface area contributed by atoms with Crippen molar-refractivity contribution in [2.24, 2.45) is 5.41 Å². The van der Waals surface area contributed by atoms with E-state index in [1.165, 1.54) is 71.9 Å². The van der Waals surface area contributed by atoms with Gasteiger partial charge < -0.3 is 8.98 Å². The van der Waals surface area contributed by atoms with Crippen molar-refractivity contribution in [3.8, 4) is 27.9 Å². The second-order valence-corrected chi connectivity index (χ2v) is 15.2. The molecule has 2 heterocycles. The second-order valence-electron chi connectivity index (χ2n) is 15.2. The molecule has 9 rings (SSSR count). The highest BCUT2D eigenvalue weighted by Gasteiger charge is 2.27. The van der Waals surface area contributed by atoms with Gasteiger partial charge in [-0.05, 0) is 121 Å². The molecule has 55 heavy (non-hydrogen) atoms. The molecule has 268 valence electrons. The fourth-order valence-electron chi connectivity index (χ4n) is 8.73. The Balaban J connectivity index is 1.14. The van der Waals surface area contributed by atoms with Gasteiger partial charge in [0, 0.05) is 32.6 Å². The molecule has 1 aliphatic rings. The van der Waals surface area contributed by atoms with Crippen molar-refractivity contribution < 1.29 is 4.42 Å². The molecule has 1 atom stereocenters. The largest absolute Gasteiger partial charge is 0.456 e. The van der Waals surface area contributed by atoms with Crippen molar-refractivity contribution in [1.29, 1.82) is 0 Å². The molecule has 8 aromatic rings. The van der Waals surface area contributed by atoms with Crippen LogP contribution in [0, 0.1) is 19.3 Å². The molecule has 0 bridgehead atoms. The molecule has 1 unspecified atom stereocenters. The third-order valence-corrected chi connectivity index (χ3v) is 11.7. The van der Waals surface area contributed by atoms with Gasteiger partial charge in [0.2, 0.25) is 0 Å². The molecule has 0 aliphatic heterocycles. The van der Waals surface area contributed by atoms with Gasteiger partial charge in [0.15, 0.2) is 0 Å². The Kier molecular flexibility index (Phi) is 8.63. The lowest BCUT2D eigenvalue weighted by atomic mass is 9.73. The summed E-state index contributed by atoms with van der Waals surface area (Å²) >= 11 is 0. The summed E-state index contributed by atoms with van der Waals surface area (Å²) in [5.41, 5.74) is 16.7. The Hall–Kier alpha value is -6.38. The van der Waals surface area contributed by atoms with Crippen molar-refractivity contribution in [3.05, 3.63) is 193 Å². The predicted molar refractivity (Wildman–Crippen MR) is 236 cm³/mol. The predicted octanol–water partition coefficient (Wildman–Crippen LogP) is 15.1. The average molecular weight is 712 g/mol. The minimum absolute atomic E-state index is 0.0191. The van der Waals surface area contributed by atoms with Crippen LogP contribution in [0.1, 0.15) is 43.4 Å². The lowest BCUT2D eigenvalue weighted by Gasteiger charge is -2.31. The van der Waals surface area contributed by atoms with Crippen LogP contribution in [0.2, 0.25) is 0 Å². The first-order chi connectivity index (χ1) is 26.9. The molecular weight excluding hydrogens is 667 g/mol. The van der Waals surface area contributed by atoms with E-state index in [0.717, 1.165) is 40.5 Å². The fourth-order valence-corrected chi connectivity index (χ4v) is 8.73. The van der Waals surface area contributed by atoms with Crippen molar-refractivity contribution in [1.82, 2.24) is 4.57 Å². The number of benzene rings is 6. The maximum Gasteiger partial charge on any atom is 0.136 e. The van der Waals surface area contributed by atoms with Gasteiger partial charge in [0.05, 0.1) is 11.0 Å². The Morgan fingerprint density at radius 2 is 1.49 bits per heavy atom. The zero-order valence-corrected chi connectivity index (χ0v) is 32.1. The topological polar surface area (TPSA) is 18.1 Å². The van der Waals surface area contributed by atoms with E-state index in [1.54, 1.807) is 0 Å². The smallest absolute Gasteiger partial charge is 0.136 e. The first kappa shape index (κ1) is 34.4. The monoisotopic (exact) mass is 711 g/mol. The van der Waals surface area contributed by atoms with Gasteiger partial charge in [-0.2, -0.15) is 0 Å². The van der Waals surface area contributed by atoms with Gasteiger partial charge in [-0.25, -0.2) is 0 Å². The summed E-state index contributed by atoms with van der Waals surface area (Å²) in [6.07, 6.45) is 17.4. The standard InChI is InChI=1S/C53H45NO/c1-6-8-15-40(14-7-2)53(5)32-30-38(31-33-53)37-25-27-41(28-26-37)54-46-19-11-9-16-43(46)52-47(54)29-23-36(4)50(52)45-34-39(24-22-35(45)3)42-18-13-21-49-51(42)44-17-10-12-20-48(44)55-49/h6-14,16-32,34H,2,15,33H2,1,3-5H3/b8-6-,40-14+. The van der Waals surface area contributed by atoms with Gasteiger partial charge in [-0.3, -0.25) is 0 Å². The first-order valence-electron chi connectivity index (χ1n) is 19.4. The Labute approximate surface area is 323 Å². The number of rotatable bonds is 8. The molecule has 6 aromatic carbocycles. The first-order valence-corrected chi connectivity index (χ1v) is 19.4. The average Bonchev–Trinajstić information content (AvgIpc) is 3.76. The van der Waals surface area contributed by atoms with Crippen molar-refractivity contribution in [2.45, 2.75) is 40.5 Å². The summed E-state index contributed by atoms with van der Waals surface area (Å²) in [6, 6.07) is 44.2. The summed E-state index contributed by atoms with van der Waals surface area (Å²) in [4.78, 5) is 0. The van der Waals surface area contributed by atoms with E-state index in [4.69, 9.17) is 4.42 Å². The number of furan rings is 1. The number of hydrogen-bond donors (Lipinski definition) is 0. The van der Waals surface area contributed by atoms with Gasteiger partial charge in [0.25, 0.3) is 0 Å². The highest BCUT2D eigenvalue weighted by atomic mass is 16.3. The summed E-state index contributed by atoms with van der Waals surface area (Å²) in [5.74, 6) is 0. The molecule has 2 aromatic heterocycles. The van der Waals surface area contributed by atoms with Crippen LogP contribution >= 0.6 is 0 Å². The van der Waals surface area contributed by atoms with E-state index in [2.05, 4.69) is 191 Å². The molecular formula is C53H45NO. The van der Waals surface area contributed by atoms with Crippen molar-refractivity contribution in [2.75, 3.05) is 0 Å². The van der Waals surface area contributed by atoms with Gasteiger partial charge in [0.1, 0.15) is 11.2 Å². The Morgan fingerprint density at radius 1 is 0.745 bits per heavy atom. The van der Waals surface area contributed by atoms with E-state index in [0.29, 0.717) is 0 Å². The van der Waals surface area contributed by atoms with Gasteiger partial charge in [-0.1, -0.05) is 140 Å². The lowest BCUT2D eigenvalue weighted by Crippen LogP contribution is -2.17. The van der Waals surface area contributed by atoms with Crippen LogP contribution in [0.3, 0.4) is 0 Å². The van der Waals surface area contributed by atoms with Gasteiger partial charge >= 0.3 is 0 Å². The van der Waals surface area contributed by atoms with E-state index in [1.807, 2.05) is 12.1 Å². The minimum atomic E-state index is -0.0191. The normalized spacial score (nSPS) is 16.2. The maximum atomic E-state index is 6.29. The Morgan fingerprint density at radius 3 is 2.27 bits per heavy atom. The second kappa shape index (κ2) is 13.8. The summed E-state index contributed by atoms with van der Waals surface area (Å²) in [7, 11) is 0. The Bertz CT molecular complexity index is 2920. The van der Waals surface area contributed by atoms with Crippen LogP contribution in [0.15, 0.2) is 180 Å². The van der Waals surface area contributed by atoms with Crippen LogP contribution in [0.25, 0.3) is 77.3 Å². The zero-order valence-electron chi connectivity index (χ0n) is 32.1. The summed E-state index contributed by atoms with van der Waals surface area (Å²) in [6.45, 7) is 12.9. The zero-order chi connectivity index (χ0) is 37.7. The number of aromatic nitrogens is 1. The van der Waals surface area contributed by atoms with E-state index in [-0.39, 0.29) is 5.41 Å².